The first kappa shape index (κ1) is 37.4. The third-order valence-electron chi connectivity index (χ3n) is 8.42. The summed E-state index contributed by atoms with van der Waals surface area (Å²) in [6.45, 7) is 7.72. The Balaban J connectivity index is 3.88. The maximum atomic E-state index is 6.90. The lowest BCUT2D eigenvalue weighted by molar-refractivity contribution is 0.348. The molecule has 0 amide bonds. The van der Waals surface area contributed by atoms with Gasteiger partial charge < -0.3 is 11.5 Å². The fourth-order valence-corrected chi connectivity index (χ4v) is 5.74. The Hall–Kier alpha value is -0.570. The van der Waals surface area contributed by atoms with E-state index in [-0.39, 0.29) is 5.54 Å². The van der Waals surface area contributed by atoms with Crippen LogP contribution in [0.3, 0.4) is 0 Å². The number of nitrogens with zero attached hydrogens (tertiary/aromatic N) is 1. The van der Waals surface area contributed by atoms with Gasteiger partial charge in [-0.1, -0.05) is 181 Å². The van der Waals surface area contributed by atoms with Gasteiger partial charge in [-0.25, -0.2) is 0 Å². The van der Waals surface area contributed by atoms with E-state index >= 15 is 0 Å². The summed E-state index contributed by atoms with van der Waals surface area (Å²) in [6.07, 6.45) is 38.5. The van der Waals surface area contributed by atoms with Gasteiger partial charge >= 0.3 is 0 Å². The van der Waals surface area contributed by atoms with Crippen molar-refractivity contribution in [3.8, 4) is 0 Å². The van der Waals surface area contributed by atoms with E-state index in [4.69, 9.17) is 16.5 Å². The molecule has 1 atom stereocenters. The van der Waals surface area contributed by atoms with Crippen molar-refractivity contribution in [1.82, 2.24) is 0 Å². The third kappa shape index (κ3) is 27.0. The molecule has 0 saturated heterocycles. The number of rotatable bonds is 31. The van der Waals surface area contributed by atoms with E-state index < -0.39 is 0 Å². The second-order valence-electron chi connectivity index (χ2n) is 12.5. The van der Waals surface area contributed by atoms with Gasteiger partial charge in [-0.2, -0.15) is 0 Å². The van der Waals surface area contributed by atoms with Crippen LogP contribution in [0.5, 0.6) is 0 Å². The number of hydrogen-bond acceptors (Lipinski definition) is 2. The van der Waals surface area contributed by atoms with Gasteiger partial charge in [-0.3, -0.25) is 4.99 Å². The first-order valence-electron chi connectivity index (χ1n) is 17.7. The molecular formula is C35H73N3. The molecule has 0 aliphatic carbocycles. The van der Waals surface area contributed by atoms with Crippen LogP contribution in [-0.4, -0.2) is 17.9 Å². The zero-order chi connectivity index (χ0) is 28.0. The Morgan fingerprint density at radius 3 is 1.16 bits per heavy atom. The maximum Gasteiger partial charge on any atom is 0.0955 e. The van der Waals surface area contributed by atoms with Crippen LogP contribution in [0.1, 0.15) is 207 Å². The number of amidine groups is 1. The number of aliphatic imine (C=N–C) groups is 1. The van der Waals surface area contributed by atoms with Gasteiger partial charge in [0.1, 0.15) is 0 Å². The van der Waals surface area contributed by atoms with E-state index in [0.29, 0.717) is 0 Å². The SMILES string of the molecule is CCCCCCCCCCCCCCN=C(N)CC(N)(CCCC)CCCCCCCCCCCCCC. The molecule has 1 unspecified atom stereocenters. The highest BCUT2D eigenvalue weighted by atomic mass is 14.9. The molecule has 228 valence electrons. The van der Waals surface area contributed by atoms with Gasteiger partial charge in [0.15, 0.2) is 0 Å². The van der Waals surface area contributed by atoms with Crippen molar-refractivity contribution in [3.05, 3.63) is 0 Å². The first-order valence-corrected chi connectivity index (χ1v) is 17.7. The van der Waals surface area contributed by atoms with E-state index in [9.17, 15) is 0 Å². The molecule has 0 saturated carbocycles. The molecule has 0 radical (unpaired) electrons. The molecule has 3 heteroatoms. The quantitative estimate of drug-likeness (QED) is 0.0526. The van der Waals surface area contributed by atoms with E-state index in [1.165, 1.54) is 167 Å². The van der Waals surface area contributed by atoms with Crippen LogP contribution in [-0.2, 0) is 0 Å². The molecule has 0 spiro atoms. The molecule has 0 bridgehead atoms. The third-order valence-corrected chi connectivity index (χ3v) is 8.42. The lowest BCUT2D eigenvalue weighted by Gasteiger charge is -2.29. The molecular weight excluding hydrogens is 462 g/mol. The summed E-state index contributed by atoms with van der Waals surface area (Å²) in [6, 6.07) is 0. The minimum absolute atomic E-state index is 0.154. The number of hydrogen-bond donors (Lipinski definition) is 2. The van der Waals surface area contributed by atoms with Crippen LogP contribution in [0.2, 0.25) is 0 Å². The Labute approximate surface area is 241 Å². The van der Waals surface area contributed by atoms with E-state index in [1.54, 1.807) is 0 Å². The van der Waals surface area contributed by atoms with Gasteiger partial charge in [0, 0.05) is 18.5 Å². The average Bonchev–Trinajstić information content (AvgIpc) is 2.90. The fraction of sp³-hybridized carbons (Fsp3) is 0.971. The van der Waals surface area contributed by atoms with Crippen molar-refractivity contribution in [2.75, 3.05) is 6.54 Å². The summed E-state index contributed by atoms with van der Waals surface area (Å²) >= 11 is 0. The fourth-order valence-electron chi connectivity index (χ4n) is 5.74. The van der Waals surface area contributed by atoms with Crippen molar-refractivity contribution >= 4 is 5.84 Å². The molecule has 0 aromatic rings. The van der Waals surface area contributed by atoms with Gasteiger partial charge in [0.2, 0.25) is 0 Å². The van der Waals surface area contributed by atoms with Crippen LogP contribution in [0.4, 0.5) is 0 Å². The molecule has 0 rings (SSSR count). The van der Waals surface area contributed by atoms with Gasteiger partial charge in [-0.15, -0.1) is 0 Å². The smallest absolute Gasteiger partial charge is 0.0955 e. The van der Waals surface area contributed by atoms with E-state index in [1.807, 2.05) is 0 Å². The van der Waals surface area contributed by atoms with Crippen molar-refractivity contribution in [3.63, 3.8) is 0 Å². The van der Waals surface area contributed by atoms with Crippen LogP contribution >= 0.6 is 0 Å². The lowest BCUT2D eigenvalue weighted by Crippen LogP contribution is -2.43. The summed E-state index contributed by atoms with van der Waals surface area (Å²) in [5.74, 6) is 0.797. The van der Waals surface area contributed by atoms with Crippen LogP contribution in [0, 0.1) is 0 Å². The monoisotopic (exact) mass is 536 g/mol. The van der Waals surface area contributed by atoms with Crippen molar-refractivity contribution in [2.24, 2.45) is 16.5 Å². The Bertz CT molecular complexity index is 490. The molecule has 0 aromatic carbocycles. The minimum Gasteiger partial charge on any atom is -0.387 e. The summed E-state index contributed by atoms with van der Waals surface area (Å²) in [5.41, 5.74) is 13.1. The minimum atomic E-state index is -0.154. The molecule has 0 fully saturated rings. The predicted octanol–water partition coefficient (Wildman–Crippen LogP) is 11.4. The van der Waals surface area contributed by atoms with Crippen molar-refractivity contribution in [2.45, 2.75) is 213 Å². The predicted molar refractivity (Wildman–Crippen MR) is 174 cm³/mol. The standard InChI is InChI=1S/C35H73N3/c1-4-7-10-12-14-16-18-20-22-24-26-28-31-35(37,30-9-6-3)33-34(36)38-32-29-27-25-23-21-19-17-15-13-11-8-5-2/h4-33,37H2,1-3H3,(H2,36,38). The molecule has 0 aliphatic rings. The Morgan fingerprint density at radius 2 is 0.763 bits per heavy atom. The highest BCUT2D eigenvalue weighted by Crippen LogP contribution is 2.24. The number of nitrogens with two attached hydrogens (primary N) is 2. The highest BCUT2D eigenvalue weighted by Gasteiger charge is 2.25. The van der Waals surface area contributed by atoms with Gasteiger partial charge in [0.25, 0.3) is 0 Å². The lowest BCUT2D eigenvalue weighted by atomic mass is 9.84. The molecule has 0 aliphatic heterocycles. The van der Waals surface area contributed by atoms with E-state index in [0.717, 1.165) is 31.6 Å². The highest BCUT2D eigenvalue weighted by molar-refractivity contribution is 5.81. The van der Waals surface area contributed by atoms with Crippen molar-refractivity contribution in [1.29, 1.82) is 0 Å². The molecule has 0 aromatic heterocycles. The van der Waals surface area contributed by atoms with Crippen LogP contribution < -0.4 is 11.5 Å². The topological polar surface area (TPSA) is 64.4 Å². The second-order valence-corrected chi connectivity index (χ2v) is 12.5. The number of unbranched alkanes of at least 4 members (excludes halogenated alkanes) is 23. The first-order chi connectivity index (χ1) is 18.6. The maximum absolute atomic E-state index is 6.90. The van der Waals surface area contributed by atoms with Crippen molar-refractivity contribution < 1.29 is 0 Å². The average molecular weight is 536 g/mol. The Kier molecular flexibility index (Phi) is 29.0. The summed E-state index contributed by atoms with van der Waals surface area (Å²) in [7, 11) is 0. The molecule has 3 nitrogen and oxygen atoms in total. The van der Waals surface area contributed by atoms with Crippen LogP contribution in [0.25, 0.3) is 0 Å². The summed E-state index contributed by atoms with van der Waals surface area (Å²) in [4.78, 5) is 4.72. The molecule has 38 heavy (non-hydrogen) atoms. The zero-order valence-electron chi connectivity index (χ0n) is 26.8. The van der Waals surface area contributed by atoms with Gasteiger partial charge in [0.05, 0.1) is 5.84 Å². The van der Waals surface area contributed by atoms with Crippen LogP contribution in [0.15, 0.2) is 4.99 Å². The normalized spacial score (nSPS) is 13.7. The van der Waals surface area contributed by atoms with Gasteiger partial charge in [-0.05, 0) is 19.3 Å². The largest absolute Gasteiger partial charge is 0.387 e. The van der Waals surface area contributed by atoms with E-state index in [2.05, 4.69) is 20.8 Å². The second kappa shape index (κ2) is 29.4. The molecule has 0 heterocycles. The zero-order valence-corrected chi connectivity index (χ0v) is 26.8. The summed E-state index contributed by atoms with van der Waals surface area (Å²) < 4.78 is 0. The Morgan fingerprint density at radius 1 is 0.447 bits per heavy atom. The summed E-state index contributed by atoms with van der Waals surface area (Å²) in [5, 5.41) is 0. The molecule has 4 N–H and O–H groups in total.